The summed E-state index contributed by atoms with van der Waals surface area (Å²) in [7, 11) is 0. The summed E-state index contributed by atoms with van der Waals surface area (Å²) < 4.78 is 6.33. The van der Waals surface area contributed by atoms with E-state index in [0.717, 1.165) is 14.7 Å². The van der Waals surface area contributed by atoms with E-state index in [1.807, 2.05) is 30.3 Å². The third-order valence-electron chi connectivity index (χ3n) is 2.63. The highest BCUT2D eigenvalue weighted by Gasteiger charge is 2.12. The zero-order valence-corrected chi connectivity index (χ0v) is 11.9. The molecule has 0 aliphatic rings. The van der Waals surface area contributed by atoms with Crippen LogP contribution in [0.4, 0.5) is 0 Å². The van der Waals surface area contributed by atoms with Crippen LogP contribution in [0, 0.1) is 3.57 Å². The van der Waals surface area contributed by atoms with Crippen molar-refractivity contribution in [3.8, 4) is 28.6 Å². The van der Waals surface area contributed by atoms with E-state index in [2.05, 4.69) is 32.7 Å². The van der Waals surface area contributed by atoms with Crippen molar-refractivity contribution in [3.63, 3.8) is 0 Å². The average molecular weight is 364 g/mol. The number of halogens is 1. The van der Waals surface area contributed by atoms with Crippen LogP contribution in [0.5, 0.6) is 5.75 Å². The second kappa shape index (κ2) is 5.00. The fraction of sp³-hybridized carbons (Fsp3) is 0. The van der Waals surface area contributed by atoms with Gasteiger partial charge in [0.05, 0.1) is 5.56 Å². The number of aromatic nitrogens is 2. The quantitative estimate of drug-likeness (QED) is 0.705. The van der Waals surface area contributed by atoms with E-state index in [1.165, 1.54) is 0 Å². The van der Waals surface area contributed by atoms with Crippen molar-refractivity contribution in [2.75, 3.05) is 0 Å². The van der Waals surface area contributed by atoms with Crippen LogP contribution in [0.1, 0.15) is 0 Å². The Kier molecular flexibility index (Phi) is 3.20. The molecule has 0 atom stereocenters. The van der Waals surface area contributed by atoms with Gasteiger partial charge in [-0.15, -0.1) is 0 Å². The Morgan fingerprint density at radius 2 is 1.89 bits per heavy atom. The molecule has 94 valence electrons. The molecule has 0 spiro atoms. The first-order valence-electron chi connectivity index (χ1n) is 5.62. The maximum absolute atomic E-state index is 9.45. The van der Waals surface area contributed by atoms with Crippen molar-refractivity contribution in [2.24, 2.45) is 0 Å². The second-order valence-electron chi connectivity index (χ2n) is 3.95. The molecular weight excluding hydrogens is 355 g/mol. The van der Waals surface area contributed by atoms with E-state index in [1.54, 1.807) is 18.2 Å². The van der Waals surface area contributed by atoms with Gasteiger partial charge in [-0.25, -0.2) is 0 Å². The largest absolute Gasteiger partial charge is 0.508 e. The summed E-state index contributed by atoms with van der Waals surface area (Å²) in [5, 5.41) is 13.4. The minimum atomic E-state index is 0.179. The van der Waals surface area contributed by atoms with E-state index < -0.39 is 0 Å². The zero-order chi connectivity index (χ0) is 13.2. The zero-order valence-electron chi connectivity index (χ0n) is 9.75. The van der Waals surface area contributed by atoms with Crippen LogP contribution in [0.2, 0.25) is 0 Å². The molecule has 0 bridgehead atoms. The fourth-order valence-electron chi connectivity index (χ4n) is 1.73. The molecule has 0 saturated heterocycles. The van der Waals surface area contributed by atoms with Gasteiger partial charge in [-0.05, 0) is 46.9 Å². The Hall–Kier alpha value is -1.89. The molecule has 2 aromatic carbocycles. The molecule has 0 radical (unpaired) electrons. The molecule has 0 aliphatic carbocycles. The molecule has 0 unspecified atom stereocenters. The molecule has 0 amide bonds. The number of nitrogens with zero attached hydrogens (tertiary/aromatic N) is 2. The lowest BCUT2D eigenvalue weighted by Gasteiger charge is -1.96. The third kappa shape index (κ3) is 2.46. The number of phenolic OH excluding ortho intramolecular Hbond substituents is 1. The van der Waals surface area contributed by atoms with Crippen molar-refractivity contribution >= 4 is 22.6 Å². The van der Waals surface area contributed by atoms with Crippen molar-refractivity contribution in [3.05, 3.63) is 52.1 Å². The summed E-state index contributed by atoms with van der Waals surface area (Å²) in [4.78, 5) is 4.36. The molecule has 3 rings (SSSR count). The van der Waals surface area contributed by atoms with Crippen LogP contribution in [0.25, 0.3) is 22.8 Å². The van der Waals surface area contributed by atoms with Gasteiger partial charge in [0.15, 0.2) is 0 Å². The summed E-state index contributed by atoms with van der Waals surface area (Å²) in [5.74, 6) is 1.12. The maximum atomic E-state index is 9.45. The fourth-order valence-corrected chi connectivity index (χ4v) is 2.35. The Bertz CT molecular complexity index is 725. The van der Waals surface area contributed by atoms with E-state index in [-0.39, 0.29) is 5.75 Å². The topological polar surface area (TPSA) is 59.2 Å². The molecular formula is C14H9IN2O2. The highest BCUT2D eigenvalue weighted by Crippen LogP contribution is 2.26. The molecule has 5 heteroatoms. The Morgan fingerprint density at radius 3 is 2.68 bits per heavy atom. The summed E-state index contributed by atoms with van der Waals surface area (Å²) in [6.07, 6.45) is 0. The monoisotopic (exact) mass is 364 g/mol. The van der Waals surface area contributed by atoms with Crippen LogP contribution >= 0.6 is 22.6 Å². The standard InChI is InChI=1S/C14H9IN2O2/c15-12-7-2-1-6-11(12)14-16-13(17-19-14)9-4-3-5-10(18)8-9/h1-8,18H. The molecule has 4 nitrogen and oxygen atoms in total. The van der Waals surface area contributed by atoms with Gasteiger partial charge >= 0.3 is 0 Å². The minimum absolute atomic E-state index is 0.179. The summed E-state index contributed by atoms with van der Waals surface area (Å²) in [6, 6.07) is 14.6. The van der Waals surface area contributed by atoms with Crippen LogP contribution < -0.4 is 0 Å². The number of rotatable bonds is 2. The summed E-state index contributed by atoms with van der Waals surface area (Å²) in [6.45, 7) is 0. The van der Waals surface area contributed by atoms with Crippen LogP contribution in [0.15, 0.2) is 53.1 Å². The molecule has 3 aromatic rings. The lowest BCUT2D eigenvalue weighted by Crippen LogP contribution is -1.83. The Labute approximate surface area is 123 Å². The van der Waals surface area contributed by atoms with E-state index in [9.17, 15) is 5.11 Å². The molecule has 19 heavy (non-hydrogen) atoms. The predicted octanol–water partition coefficient (Wildman–Crippen LogP) is 3.71. The Balaban J connectivity index is 2.03. The molecule has 1 heterocycles. The number of hydrogen-bond acceptors (Lipinski definition) is 4. The SMILES string of the molecule is Oc1cccc(-c2noc(-c3ccccc3I)n2)c1. The third-order valence-corrected chi connectivity index (χ3v) is 3.58. The lowest BCUT2D eigenvalue weighted by molar-refractivity contribution is 0.432. The van der Waals surface area contributed by atoms with E-state index >= 15 is 0 Å². The first-order chi connectivity index (χ1) is 9.24. The normalized spacial score (nSPS) is 10.6. The average Bonchev–Trinajstić information content (AvgIpc) is 2.89. The van der Waals surface area contributed by atoms with Crippen LogP contribution in [-0.2, 0) is 0 Å². The highest BCUT2D eigenvalue weighted by molar-refractivity contribution is 14.1. The predicted molar refractivity (Wildman–Crippen MR) is 79.6 cm³/mol. The van der Waals surface area contributed by atoms with Gasteiger partial charge in [0.2, 0.25) is 5.82 Å². The number of phenols is 1. The molecule has 1 aromatic heterocycles. The lowest BCUT2D eigenvalue weighted by atomic mass is 10.2. The second-order valence-corrected chi connectivity index (χ2v) is 5.12. The van der Waals surface area contributed by atoms with Gasteiger partial charge in [-0.1, -0.05) is 29.4 Å². The van der Waals surface area contributed by atoms with E-state index in [4.69, 9.17) is 4.52 Å². The smallest absolute Gasteiger partial charge is 0.259 e. The van der Waals surface area contributed by atoms with Gasteiger partial charge in [-0.2, -0.15) is 4.98 Å². The molecule has 1 N–H and O–H groups in total. The van der Waals surface area contributed by atoms with Gasteiger partial charge in [0, 0.05) is 9.13 Å². The number of benzene rings is 2. The van der Waals surface area contributed by atoms with Crippen molar-refractivity contribution in [1.82, 2.24) is 10.1 Å². The Morgan fingerprint density at radius 1 is 1.05 bits per heavy atom. The van der Waals surface area contributed by atoms with Gasteiger partial charge in [0.25, 0.3) is 5.89 Å². The molecule has 0 fully saturated rings. The summed E-state index contributed by atoms with van der Waals surface area (Å²) >= 11 is 2.23. The number of aromatic hydroxyl groups is 1. The van der Waals surface area contributed by atoms with Gasteiger partial charge < -0.3 is 9.63 Å². The minimum Gasteiger partial charge on any atom is -0.508 e. The van der Waals surface area contributed by atoms with Crippen LogP contribution in [0.3, 0.4) is 0 Å². The molecule has 0 saturated carbocycles. The van der Waals surface area contributed by atoms with Crippen molar-refractivity contribution in [1.29, 1.82) is 0 Å². The van der Waals surface area contributed by atoms with Crippen molar-refractivity contribution < 1.29 is 9.63 Å². The summed E-state index contributed by atoms with van der Waals surface area (Å²) in [5.41, 5.74) is 1.63. The van der Waals surface area contributed by atoms with Gasteiger partial charge in [-0.3, -0.25) is 0 Å². The van der Waals surface area contributed by atoms with Crippen LogP contribution in [-0.4, -0.2) is 15.2 Å². The molecule has 0 aliphatic heterocycles. The van der Waals surface area contributed by atoms with Gasteiger partial charge in [0.1, 0.15) is 5.75 Å². The first kappa shape index (κ1) is 12.2. The van der Waals surface area contributed by atoms with E-state index in [0.29, 0.717) is 11.7 Å². The number of hydrogen-bond donors (Lipinski definition) is 1. The van der Waals surface area contributed by atoms with Crippen molar-refractivity contribution in [2.45, 2.75) is 0 Å². The first-order valence-corrected chi connectivity index (χ1v) is 6.70. The maximum Gasteiger partial charge on any atom is 0.259 e. The highest BCUT2D eigenvalue weighted by atomic mass is 127.